The van der Waals surface area contributed by atoms with Gasteiger partial charge in [-0.1, -0.05) is 6.07 Å². The van der Waals surface area contributed by atoms with Gasteiger partial charge in [0.1, 0.15) is 5.82 Å². The molecule has 1 aromatic heterocycles. The maximum absolute atomic E-state index is 13.3. The fourth-order valence-corrected chi connectivity index (χ4v) is 5.05. The smallest absolute Gasteiger partial charge is 0.259 e. The number of aromatic amines is 1. The van der Waals surface area contributed by atoms with Gasteiger partial charge >= 0.3 is 0 Å². The van der Waals surface area contributed by atoms with Gasteiger partial charge in [0.2, 0.25) is 5.91 Å². The van der Waals surface area contributed by atoms with Gasteiger partial charge in [0, 0.05) is 60.6 Å². The van der Waals surface area contributed by atoms with Gasteiger partial charge in [-0.15, -0.1) is 0 Å². The number of aliphatic hydroxyl groups excluding tert-OH is 1. The van der Waals surface area contributed by atoms with E-state index >= 15 is 0 Å². The van der Waals surface area contributed by atoms with Crippen molar-refractivity contribution in [2.24, 2.45) is 0 Å². The molecular weight excluding hydrogens is 516 g/mol. The van der Waals surface area contributed by atoms with Crippen molar-refractivity contribution >= 4 is 51.6 Å². The number of amides is 4. The number of hydrogen-bond donors (Lipinski definition) is 4. The van der Waals surface area contributed by atoms with E-state index in [0.717, 1.165) is 23.6 Å². The van der Waals surface area contributed by atoms with Gasteiger partial charge in [0.25, 0.3) is 17.7 Å². The first-order valence-electron chi connectivity index (χ1n) is 13.1. The number of nitrogen functional groups attached to an aromatic ring is 1. The largest absolute Gasteiger partial charge is 0.385 e. The number of rotatable bonds is 7. The van der Waals surface area contributed by atoms with Crippen molar-refractivity contribution in [1.82, 2.24) is 14.8 Å². The van der Waals surface area contributed by atoms with Crippen molar-refractivity contribution < 1.29 is 29.0 Å². The van der Waals surface area contributed by atoms with Crippen molar-refractivity contribution in [2.45, 2.75) is 25.0 Å². The maximum atomic E-state index is 13.3. The molecule has 0 radical (unpaired) electrons. The minimum Gasteiger partial charge on any atom is -0.385 e. The van der Waals surface area contributed by atoms with Crippen LogP contribution in [0.5, 0.6) is 0 Å². The Hall–Kier alpha value is -4.42. The number of benzene rings is 2. The van der Waals surface area contributed by atoms with Crippen LogP contribution in [0.15, 0.2) is 48.7 Å². The van der Waals surface area contributed by atoms with Crippen LogP contribution in [0.2, 0.25) is 0 Å². The molecular formula is C28H32N6O6. The molecule has 2 aliphatic heterocycles. The highest BCUT2D eigenvalue weighted by Gasteiger charge is 2.39. The molecule has 12 nitrogen and oxygen atoms in total. The molecule has 3 aromatic rings. The van der Waals surface area contributed by atoms with Crippen molar-refractivity contribution in [2.75, 3.05) is 55.8 Å². The van der Waals surface area contributed by atoms with Crippen LogP contribution in [0, 0.1) is 0 Å². The van der Waals surface area contributed by atoms with Crippen LogP contribution in [-0.2, 0) is 19.1 Å². The monoisotopic (exact) mass is 548 g/mol. The van der Waals surface area contributed by atoms with Gasteiger partial charge in [0.05, 0.1) is 13.2 Å². The number of carbonyl (C=O) groups is 4. The summed E-state index contributed by atoms with van der Waals surface area (Å²) < 4.78 is 5.50. The van der Waals surface area contributed by atoms with E-state index in [2.05, 4.69) is 10.3 Å². The minimum atomic E-state index is -1.77. The van der Waals surface area contributed by atoms with Crippen molar-refractivity contribution in [3.63, 3.8) is 0 Å². The van der Waals surface area contributed by atoms with Crippen molar-refractivity contribution in [3.8, 4) is 0 Å². The Morgan fingerprint density at radius 1 is 1.18 bits per heavy atom. The maximum Gasteiger partial charge on any atom is 0.259 e. The zero-order valence-electron chi connectivity index (χ0n) is 22.1. The number of likely N-dealkylation sites (N-methyl/N-ethyl adjacent to an activating group) is 1. The Balaban J connectivity index is 1.25. The summed E-state index contributed by atoms with van der Waals surface area (Å²) in [5, 5.41) is 14.9. The second-order valence-corrected chi connectivity index (χ2v) is 10.0. The molecule has 210 valence electrons. The lowest BCUT2D eigenvalue weighted by Crippen LogP contribution is -2.55. The van der Waals surface area contributed by atoms with Crippen LogP contribution in [-0.4, -0.2) is 95.6 Å². The highest BCUT2D eigenvalue weighted by Crippen LogP contribution is 2.25. The molecule has 2 aliphatic rings. The molecule has 2 aromatic carbocycles. The van der Waals surface area contributed by atoms with Crippen LogP contribution in [0.3, 0.4) is 0 Å². The van der Waals surface area contributed by atoms with Crippen LogP contribution in [0.25, 0.3) is 10.8 Å². The Morgan fingerprint density at radius 2 is 1.95 bits per heavy atom. The van der Waals surface area contributed by atoms with Crippen LogP contribution in [0.1, 0.15) is 23.2 Å². The molecule has 12 heteroatoms. The number of fused-ring (bicyclic) bond motifs is 1. The number of morpholine rings is 1. The van der Waals surface area contributed by atoms with Gasteiger partial charge < -0.3 is 40.6 Å². The van der Waals surface area contributed by atoms with E-state index in [1.54, 1.807) is 60.6 Å². The van der Waals surface area contributed by atoms with Crippen LogP contribution >= 0.6 is 0 Å². The summed E-state index contributed by atoms with van der Waals surface area (Å²) in [6.45, 7) is 1.64. The number of nitrogens with two attached hydrogens (primary N) is 1. The lowest BCUT2D eigenvalue weighted by molar-refractivity contribution is -0.150. The predicted octanol–water partition coefficient (Wildman–Crippen LogP) is 1.18. The van der Waals surface area contributed by atoms with Crippen LogP contribution < -0.4 is 16.0 Å². The second kappa shape index (κ2) is 11.4. The predicted molar refractivity (Wildman–Crippen MR) is 149 cm³/mol. The number of hydrogen-bond acceptors (Lipinski definition) is 7. The molecule has 5 rings (SSSR count). The van der Waals surface area contributed by atoms with Crippen molar-refractivity contribution in [1.29, 1.82) is 0 Å². The number of anilines is 3. The third-order valence-electron chi connectivity index (χ3n) is 7.25. The lowest BCUT2D eigenvalue weighted by atomic mass is 10.1. The molecule has 5 N–H and O–H groups in total. The summed E-state index contributed by atoms with van der Waals surface area (Å²) in [5.41, 5.74) is 7.01. The summed E-state index contributed by atoms with van der Waals surface area (Å²) >= 11 is 0. The Labute approximate surface area is 230 Å². The number of ether oxygens (including phenoxy) is 1. The summed E-state index contributed by atoms with van der Waals surface area (Å²) in [6, 6.07) is 11.6. The van der Waals surface area contributed by atoms with E-state index in [-0.39, 0.29) is 31.5 Å². The first-order valence-corrected chi connectivity index (χ1v) is 13.1. The number of nitrogens with one attached hydrogen (secondary N) is 2. The standard InChI is InChI=1S/C28H32N6O6/c1-32(16-22(35)33-9-2-3-10-33)27(38)17-5-4-6-20(14-17)34-11-12-40-24(28(34)39)23(36)26(37)31-19-7-8-21-18(13-19)15-30-25(21)29/h4-8,13-15,23-24,30,36H,2-3,9-12,16,29H2,1H3,(H,31,37)/t23-,24-/m1/s1. The second-order valence-electron chi connectivity index (χ2n) is 10.0. The number of nitrogens with zero attached hydrogens (tertiary/aromatic N) is 3. The van der Waals surface area contributed by atoms with E-state index in [4.69, 9.17) is 10.5 Å². The first kappa shape index (κ1) is 27.2. The summed E-state index contributed by atoms with van der Waals surface area (Å²) in [5.74, 6) is -1.35. The van der Waals surface area contributed by atoms with Crippen molar-refractivity contribution in [3.05, 3.63) is 54.2 Å². The van der Waals surface area contributed by atoms with Gasteiger partial charge in [0.15, 0.2) is 12.2 Å². The van der Waals surface area contributed by atoms with E-state index < -0.39 is 24.0 Å². The molecule has 0 saturated carbocycles. The fourth-order valence-electron chi connectivity index (χ4n) is 5.05. The molecule has 40 heavy (non-hydrogen) atoms. The Morgan fingerprint density at radius 3 is 2.73 bits per heavy atom. The first-order chi connectivity index (χ1) is 19.2. The molecule has 2 atom stereocenters. The quantitative estimate of drug-likeness (QED) is 0.345. The van der Waals surface area contributed by atoms with Gasteiger partial charge in [-0.3, -0.25) is 19.2 Å². The van der Waals surface area contributed by atoms with Gasteiger partial charge in [-0.05, 0) is 49.2 Å². The van der Waals surface area contributed by atoms with Crippen LogP contribution in [0.4, 0.5) is 17.2 Å². The number of carbonyl (C=O) groups excluding carboxylic acids is 4. The average molecular weight is 549 g/mol. The third kappa shape index (κ3) is 5.49. The molecule has 2 saturated heterocycles. The molecule has 0 spiro atoms. The highest BCUT2D eigenvalue weighted by molar-refractivity contribution is 6.05. The molecule has 2 fully saturated rings. The van der Waals surface area contributed by atoms with E-state index in [1.807, 2.05) is 0 Å². The minimum absolute atomic E-state index is 0.0344. The summed E-state index contributed by atoms with van der Waals surface area (Å²) in [7, 11) is 1.57. The molecule has 4 amide bonds. The van der Waals surface area contributed by atoms with E-state index in [1.165, 1.54) is 9.80 Å². The van der Waals surface area contributed by atoms with Gasteiger partial charge in [-0.25, -0.2) is 0 Å². The van der Waals surface area contributed by atoms with E-state index in [0.29, 0.717) is 35.8 Å². The number of H-pyrrole nitrogens is 1. The molecule has 0 bridgehead atoms. The Bertz CT molecular complexity index is 1450. The SMILES string of the molecule is CN(CC(=O)N1CCCC1)C(=O)c1cccc(N2CCO[C@H]([C@@H](O)C(=O)Nc3ccc4c(N)[nH]cc4c3)C2=O)c1. The summed E-state index contributed by atoms with van der Waals surface area (Å²) in [4.78, 5) is 59.1. The zero-order valence-corrected chi connectivity index (χ0v) is 22.1. The molecule has 0 unspecified atom stereocenters. The molecule has 0 aliphatic carbocycles. The highest BCUT2D eigenvalue weighted by atomic mass is 16.5. The topological polar surface area (TPSA) is 161 Å². The summed E-state index contributed by atoms with van der Waals surface area (Å²) in [6.07, 6.45) is 0.435. The fraction of sp³-hybridized carbons (Fsp3) is 0.357. The number of aromatic nitrogens is 1. The molecule has 3 heterocycles. The number of aliphatic hydroxyl groups is 1. The van der Waals surface area contributed by atoms with E-state index in [9.17, 15) is 24.3 Å². The zero-order chi connectivity index (χ0) is 28.4. The third-order valence-corrected chi connectivity index (χ3v) is 7.25. The Kier molecular flexibility index (Phi) is 7.71. The normalized spacial score (nSPS) is 18.1. The average Bonchev–Trinajstić information content (AvgIpc) is 3.63. The number of likely N-dealkylation sites (tertiary alicyclic amines) is 1. The van der Waals surface area contributed by atoms with Gasteiger partial charge in [-0.2, -0.15) is 0 Å². The lowest BCUT2D eigenvalue weighted by Gasteiger charge is -2.34.